The van der Waals surface area contributed by atoms with Crippen molar-refractivity contribution < 1.29 is 41.6 Å². The molecular weight excluding hydrogens is 664 g/mol. The molecule has 0 bridgehead atoms. The Balaban J connectivity index is 1.46. The highest BCUT2D eigenvalue weighted by atomic mass is 32.2. The minimum Gasteiger partial charge on any atom is -0.484 e. The van der Waals surface area contributed by atoms with Crippen LogP contribution in [0.15, 0.2) is 23.2 Å². The average molecular weight is 715 g/mol. The standard InChI is InChI=1S/C36H50N4O9S/c1-10-21-17-36(21,28(41)19-50(45,46)24-12-13-24)38-32(43)26-15-23(47-27-14-22(11-2)37-30-20(3)39-49-31(27)30)18-40(26)33(44)25(34(4,5)6)16-29(42)48-35(7,8)9/h10,14,21,23-26H,1,11-13,15-19H2,2-9H3,(H,38,43)/t21?,23-,25-,26+,36?/m1/s1. The molecule has 3 fully saturated rings. The molecule has 5 atom stereocenters. The predicted octanol–water partition coefficient (Wildman–Crippen LogP) is 4.04. The lowest BCUT2D eigenvalue weighted by molar-refractivity contribution is -0.161. The molecule has 2 aromatic heterocycles. The zero-order valence-corrected chi connectivity index (χ0v) is 31.1. The fourth-order valence-electron chi connectivity index (χ4n) is 6.65. The van der Waals surface area contributed by atoms with Gasteiger partial charge in [0.2, 0.25) is 17.4 Å². The number of ether oxygens (including phenoxy) is 2. The van der Waals surface area contributed by atoms with Gasteiger partial charge in [-0.1, -0.05) is 38.9 Å². The van der Waals surface area contributed by atoms with E-state index >= 15 is 0 Å². The summed E-state index contributed by atoms with van der Waals surface area (Å²) < 4.78 is 43.1. The maximum absolute atomic E-state index is 14.5. The third-order valence-corrected chi connectivity index (χ3v) is 11.9. The highest BCUT2D eigenvalue weighted by Crippen LogP contribution is 2.46. The minimum absolute atomic E-state index is 0.00188. The summed E-state index contributed by atoms with van der Waals surface area (Å²) in [5.74, 6) is -3.78. The van der Waals surface area contributed by atoms with Gasteiger partial charge < -0.3 is 24.2 Å². The van der Waals surface area contributed by atoms with Crippen LogP contribution in [0.2, 0.25) is 0 Å². The quantitative estimate of drug-likeness (QED) is 0.234. The van der Waals surface area contributed by atoms with Crippen molar-refractivity contribution in [3.63, 3.8) is 0 Å². The predicted molar refractivity (Wildman–Crippen MR) is 185 cm³/mol. The third-order valence-electron chi connectivity index (χ3n) is 9.75. The van der Waals surface area contributed by atoms with E-state index in [1.807, 2.05) is 27.7 Å². The van der Waals surface area contributed by atoms with Gasteiger partial charge in [0, 0.05) is 24.1 Å². The van der Waals surface area contributed by atoms with Gasteiger partial charge in [-0.3, -0.25) is 19.2 Å². The molecule has 2 aliphatic carbocycles. The molecule has 1 aliphatic heterocycles. The first kappa shape index (κ1) is 37.4. The fraction of sp³-hybridized carbons (Fsp3) is 0.667. The van der Waals surface area contributed by atoms with Crippen LogP contribution in [-0.4, -0.2) is 87.9 Å². The molecule has 0 radical (unpaired) electrons. The van der Waals surface area contributed by atoms with Crippen LogP contribution >= 0.6 is 0 Å². The lowest BCUT2D eigenvalue weighted by Gasteiger charge is -2.35. The number of fused-ring (bicyclic) bond motifs is 1. The first-order valence-corrected chi connectivity index (χ1v) is 19.0. The Kier molecular flexibility index (Phi) is 10.0. The number of likely N-dealkylation sites (tertiary alicyclic amines) is 1. The van der Waals surface area contributed by atoms with E-state index in [2.05, 4.69) is 22.0 Å². The lowest BCUT2D eigenvalue weighted by Crippen LogP contribution is -2.55. The molecule has 3 aliphatic rings. The fourth-order valence-corrected chi connectivity index (χ4v) is 8.37. The minimum atomic E-state index is -3.64. The van der Waals surface area contributed by atoms with Gasteiger partial charge in [-0.05, 0) is 58.8 Å². The van der Waals surface area contributed by atoms with Gasteiger partial charge in [0.15, 0.2) is 21.4 Å². The highest BCUT2D eigenvalue weighted by Gasteiger charge is 2.61. The number of esters is 1. The normalized spacial score (nSPS) is 24.5. The van der Waals surface area contributed by atoms with E-state index in [0.29, 0.717) is 41.8 Å². The van der Waals surface area contributed by atoms with E-state index < -0.39 is 84.9 Å². The molecule has 3 heterocycles. The second kappa shape index (κ2) is 13.4. The van der Waals surface area contributed by atoms with Crippen LogP contribution in [0.4, 0.5) is 0 Å². The summed E-state index contributed by atoms with van der Waals surface area (Å²) in [6, 6.07) is 0.658. The zero-order chi connectivity index (χ0) is 37.0. The Morgan fingerprint density at radius 3 is 2.42 bits per heavy atom. The second-order valence-corrected chi connectivity index (χ2v) is 18.3. The number of hydrogen-bond donors (Lipinski definition) is 1. The van der Waals surface area contributed by atoms with E-state index in [1.165, 1.54) is 4.90 Å². The molecule has 274 valence electrons. The molecular formula is C36H50N4O9S. The van der Waals surface area contributed by atoms with Crippen LogP contribution in [0.5, 0.6) is 5.75 Å². The molecule has 1 N–H and O–H groups in total. The number of nitrogens with zero attached hydrogens (tertiary/aromatic N) is 3. The molecule has 14 heteroatoms. The molecule has 2 amide bonds. The van der Waals surface area contributed by atoms with Gasteiger partial charge in [0.25, 0.3) is 0 Å². The van der Waals surface area contributed by atoms with Gasteiger partial charge in [-0.2, -0.15) is 0 Å². The number of sulfone groups is 1. The van der Waals surface area contributed by atoms with E-state index in [1.54, 1.807) is 39.8 Å². The molecule has 5 rings (SSSR count). The van der Waals surface area contributed by atoms with Crippen molar-refractivity contribution in [2.45, 2.75) is 122 Å². The Bertz CT molecular complexity index is 1800. The van der Waals surface area contributed by atoms with Crippen molar-refractivity contribution in [1.82, 2.24) is 20.4 Å². The molecule has 1 saturated heterocycles. The van der Waals surface area contributed by atoms with Crippen LogP contribution in [0, 0.1) is 24.2 Å². The largest absolute Gasteiger partial charge is 0.484 e. The maximum atomic E-state index is 14.5. The summed E-state index contributed by atoms with van der Waals surface area (Å²) in [7, 11) is -3.64. The number of aryl methyl sites for hydroxylation is 2. The van der Waals surface area contributed by atoms with Gasteiger partial charge in [0.05, 0.1) is 24.1 Å². The molecule has 0 aromatic carbocycles. The van der Waals surface area contributed by atoms with Crippen molar-refractivity contribution in [3.05, 3.63) is 30.1 Å². The summed E-state index contributed by atoms with van der Waals surface area (Å²) in [6.45, 7) is 18.3. The number of amides is 2. The zero-order valence-electron chi connectivity index (χ0n) is 30.3. The van der Waals surface area contributed by atoms with E-state index in [9.17, 15) is 27.6 Å². The average Bonchev–Trinajstić information content (AvgIpc) is 3.91. The number of hydrogen-bond acceptors (Lipinski definition) is 11. The van der Waals surface area contributed by atoms with Crippen LogP contribution in [-0.2, 0) is 40.2 Å². The number of ketones is 1. The van der Waals surface area contributed by atoms with Gasteiger partial charge in [-0.15, -0.1) is 6.58 Å². The van der Waals surface area contributed by atoms with E-state index in [-0.39, 0.29) is 25.8 Å². The van der Waals surface area contributed by atoms with Crippen molar-refractivity contribution >= 4 is 44.5 Å². The van der Waals surface area contributed by atoms with Crippen LogP contribution in [0.25, 0.3) is 11.1 Å². The number of rotatable bonds is 13. The number of Topliss-reactive ketones (excluding diaryl/α,β-unsaturated/α-hetero) is 1. The first-order chi connectivity index (χ1) is 23.2. The summed E-state index contributed by atoms with van der Waals surface area (Å²) in [4.78, 5) is 61.4. The van der Waals surface area contributed by atoms with Gasteiger partial charge in [0.1, 0.15) is 40.2 Å². The first-order valence-electron chi connectivity index (χ1n) is 17.3. The summed E-state index contributed by atoms with van der Waals surface area (Å²) in [6.07, 6.45) is 2.58. The van der Waals surface area contributed by atoms with Crippen molar-refractivity contribution in [1.29, 1.82) is 0 Å². The SMILES string of the molecule is C=CC1CC1(NC(=O)[C@@H]1C[C@@H](Oc2cc(CC)nc3c(C)noc23)CN1C(=O)[C@@H](CC(=O)OC(C)(C)C)C(C)(C)C)C(=O)CS(=O)(=O)C1CC1. The number of carbonyl (C=O) groups is 4. The number of aromatic nitrogens is 2. The molecule has 13 nitrogen and oxygen atoms in total. The Morgan fingerprint density at radius 1 is 1.18 bits per heavy atom. The third kappa shape index (κ3) is 7.89. The van der Waals surface area contributed by atoms with Crippen molar-refractivity contribution in [3.8, 4) is 5.75 Å². The highest BCUT2D eigenvalue weighted by molar-refractivity contribution is 7.93. The number of pyridine rings is 1. The number of carbonyl (C=O) groups excluding carboxylic acids is 4. The Morgan fingerprint density at radius 2 is 1.86 bits per heavy atom. The topological polar surface area (TPSA) is 175 Å². The van der Waals surface area contributed by atoms with Crippen LogP contribution < -0.4 is 10.1 Å². The van der Waals surface area contributed by atoms with E-state index in [0.717, 1.165) is 5.69 Å². The molecule has 2 saturated carbocycles. The van der Waals surface area contributed by atoms with Gasteiger partial charge >= 0.3 is 5.97 Å². The summed E-state index contributed by atoms with van der Waals surface area (Å²) >= 11 is 0. The van der Waals surface area contributed by atoms with Crippen LogP contribution in [0.1, 0.15) is 92.0 Å². The number of nitrogens with one attached hydrogen (secondary N) is 1. The van der Waals surface area contributed by atoms with Crippen molar-refractivity contribution in [2.75, 3.05) is 12.3 Å². The van der Waals surface area contributed by atoms with Crippen molar-refractivity contribution in [2.24, 2.45) is 17.3 Å². The lowest BCUT2D eigenvalue weighted by atomic mass is 9.77. The Hall–Kier alpha value is -3.81. The summed E-state index contributed by atoms with van der Waals surface area (Å²) in [5, 5.41) is 6.37. The monoisotopic (exact) mass is 714 g/mol. The molecule has 2 unspecified atom stereocenters. The maximum Gasteiger partial charge on any atom is 0.307 e. The molecule has 2 aromatic rings. The smallest absolute Gasteiger partial charge is 0.307 e. The van der Waals surface area contributed by atoms with E-state index in [4.69, 9.17) is 14.0 Å². The van der Waals surface area contributed by atoms with Crippen LogP contribution in [0.3, 0.4) is 0 Å². The second-order valence-electron chi connectivity index (χ2n) is 16.0. The molecule has 0 spiro atoms. The Labute approximate surface area is 293 Å². The van der Waals surface area contributed by atoms with Gasteiger partial charge in [-0.25, -0.2) is 13.4 Å². The molecule has 50 heavy (non-hydrogen) atoms. The summed E-state index contributed by atoms with van der Waals surface area (Å²) in [5.41, 5.74) is -0.655.